The number of nitrogens with one attached hydrogen (secondary N) is 1. The van der Waals surface area contributed by atoms with Gasteiger partial charge in [0.1, 0.15) is 6.10 Å². The Hall–Kier alpha value is -1.44. The molecule has 1 aromatic carbocycles. The molecule has 6 nitrogen and oxygen atoms in total. The van der Waals surface area contributed by atoms with Crippen LogP contribution in [0.2, 0.25) is 0 Å². The first-order valence-corrected chi connectivity index (χ1v) is 7.49. The van der Waals surface area contributed by atoms with Gasteiger partial charge in [-0.3, -0.25) is 4.79 Å². The summed E-state index contributed by atoms with van der Waals surface area (Å²) in [5.74, 6) is -0.257. The van der Waals surface area contributed by atoms with Crippen LogP contribution in [0.3, 0.4) is 0 Å². The van der Waals surface area contributed by atoms with Crippen molar-refractivity contribution in [2.45, 2.75) is 30.8 Å². The Labute approximate surface area is 112 Å². The van der Waals surface area contributed by atoms with E-state index in [-0.39, 0.29) is 10.8 Å². The Morgan fingerprint density at radius 2 is 2.21 bits per heavy atom. The molecule has 0 spiro atoms. The lowest BCUT2D eigenvalue weighted by atomic mass is 10.2. The van der Waals surface area contributed by atoms with Gasteiger partial charge in [0.2, 0.25) is 10.0 Å². The van der Waals surface area contributed by atoms with E-state index in [1.165, 1.54) is 12.1 Å². The van der Waals surface area contributed by atoms with Gasteiger partial charge in [-0.2, -0.15) is 0 Å². The van der Waals surface area contributed by atoms with Gasteiger partial charge in [-0.25, -0.2) is 13.6 Å². The molecule has 3 N–H and O–H groups in total. The number of carbonyl (C=O) groups excluding carboxylic acids is 1. The SMILES string of the molecule is Cc1c(NC(=O)C2CCCO2)cccc1S(N)(=O)=O. The predicted octanol–water partition coefficient (Wildman–Crippen LogP) is 0.760. The van der Waals surface area contributed by atoms with Gasteiger partial charge in [0.05, 0.1) is 4.90 Å². The third-order valence-electron chi connectivity index (χ3n) is 3.07. The van der Waals surface area contributed by atoms with Gasteiger partial charge in [0.15, 0.2) is 0 Å². The molecule has 1 amide bonds. The molecule has 0 saturated carbocycles. The van der Waals surface area contributed by atoms with E-state index in [1.54, 1.807) is 13.0 Å². The van der Waals surface area contributed by atoms with Gasteiger partial charge in [0.25, 0.3) is 5.91 Å². The molecule has 104 valence electrons. The summed E-state index contributed by atoms with van der Waals surface area (Å²) in [5.41, 5.74) is 0.864. The summed E-state index contributed by atoms with van der Waals surface area (Å²) in [7, 11) is -3.79. The second kappa shape index (κ2) is 5.28. The fraction of sp³-hybridized carbons (Fsp3) is 0.417. The van der Waals surface area contributed by atoms with E-state index >= 15 is 0 Å². The molecule has 1 aliphatic heterocycles. The highest BCUT2D eigenvalue weighted by Gasteiger charge is 2.24. The molecule has 2 rings (SSSR count). The van der Waals surface area contributed by atoms with Crippen molar-refractivity contribution in [2.75, 3.05) is 11.9 Å². The monoisotopic (exact) mass is 284 g/mol. The second-order valence-corrected chi connectivity index (χ2v) is 5.99. The number of anilines is 1. The summed E-state index contributed by atoms with van der Waals surface area (Å²) < 4.78 is 28.0. The van der Waals surface area contributed by atoms with Crippen molar-refractivity contribution in [2.24, 2.45) is 5.14 Å². The molecule has 0 radical (unpaired) electrons. The average Bonchev–Trinajstić information content (AvgIpc) is 2.83. The van der Waals surface area contributed by atoms with Gasteiger partial charge >= 0.3 is 0 Å². The molecule has 0 bridgehead atoms. The minimum Gasteiger partial charge on any atom is -0.368 e. The number of carbonyl (C=O) groups is 1. The van der Waals surface area contributed by atoms with Gasteiger partial charge in [-0.05, 0) is 37.5 Å². The number of nitrogens with two attached hydrogens (primary N) is 1. The third kappa shape index (κ3) is 3.12. The summed E-state index contributed by atoms with van der Waals surface area (Å²) in [6, 6.07) is 4.58. The van der Waals surface area contributed by atoms with Crippen molar-refractivity contribution >= 4 is 21.6 Å². The number of benzene rings is 1. The van der Waals surface area contributed by atoms with E-state index in [4.69, 9.17) is 9.88 Å². The molecule has 7 heteroatoms. The minimum atomic E-state index is -3.79. The molecule has 0 aliphatic carbocycles. The lowest BCUT2D eigenvalue weighted by Gasteiger charge is -2.14. The second-order valence-electron chi connectivity index (χ2n) is 4.46. The zero-order valence-corrected chi connectivity index (χ0v) is 11.4. The van der Waals surface area contributed by atoms with Gasteiger partial charge in [-0.15, -0.1) is 0 Å². The molecule has 1 aromatic rings. The van der Waals surface area contributed by atoms with Crippen molar-refractivity contribution in [3.8, 4) is 0 Å². The smallest absolute Gasteiger partial charge is 0.253 e. The van der Waals surface area contributed by atoms with Crippen molar-refractivity contribution in [3.63, 3.8) is 0 Å². The molecule has 1 aliphatic rings. The number of amides is 1. The van der Waals surface area contributed by atoms with Crippen molar-refractivity contribution < 1.29 is 17.9 Å². The van der Waals surface area contributed by atoms with Gasteiger partial charge in [-0.1, -0.05) is 6.07 Å². The van der Waals surface area contributed by atoms with E-state index in [2.05, 4.69) is 5.32 Å². The molecule has 1 saturated heterocycles. The van der Waals surface area contributed by atoms with Crippen LogP contribution in [0.1, 0.15) is 18.4 Å². The van der Waals surface area contributed by atoms with Crippen LogP contribution < -0.4 is 10.5 Å². The molecule has 1 unspecified atom stereocenters. The van der Waals surface area contributed by atoms with E-state index in [9.17, 15) is 13.2 Å². The fourth-order valence-corrected chi connectivity index (χ4v) is 2.86. The molecule has 0 aromatic heterocycles. The maximum absolute atomic E-state index is 11.9. The molecular formula is C12H16N2O4S. The predicted molar refractivity (Wildman–Crippen MR) is 70.2 cm³/mol. The average molecular weight is 284 g/mol. The highest BCUT2D eigenvalue weighted by molar-refractivity contribution is 7.89. The van der Waals surface area contributed by atoms with E-state index in [0.717, 1.165) is 6.42 Å². The number of hydrogen-bond donors (Lipinski definition) is 2. The lowest BCUT2D eigenvalue weighted by molar-refractivity contribution is -0.124. The molecule has 1 fully saturated rings. The normalized spacial score (nSPS) is 19.4. The largest absolute Gasteiger partial charge is 0.368 e. The number of rotatable bonds is 3. The van der Waals surface area contributed by atoms with Crippen LogP contribution in [0.15, 0.2) is 23.1 Å². The lowest BCUT2D eigenvalue weighted by Crippen LogP contribution is -2.27. The van der Waals surface area contributed by atoms with Crippen LogP contribution in [-0.4, -0.2) is 27.0 Å². The summed E-state index contributed by atoms with van der Waals surface area (Å²) in [6.07, 6.45) is 1.08. The standard InChI is InChI=1S/C12H16N2O4S/c1-8-9(4-2-6-11(8)19(13,16)17)14-12(15)10-5-3-7-18-10/h2,4,6,10H,3,5,7H2,1H3,(H,14,15)(H2,13,16,17). The first-order valence-electron chi connectivity index (χ1n) is 5.94. The first-order chi connectivity index (χ1) is 8.89. The quantitative estimate of drug-likeness (QED) is 0.856. The van der Waals surface area contributed by atoms with Crippen LogP contribution in [-0.2, 0) is 19.6 Å². The fourth-order valence-electron chi connectivity index (χ4n) is 2.06. The van der Waals surface area contributed by atoms with Crippen LogP contribution in [0.4, 0.5) is 5.69 Å². The Kier molecular flexibility index (Phi) is 3.88. The Morgan fingerprint density at radius 1 is 1.47 bits per heavy atom. The van der Waals surface area contributed by atoms with Crippen LogP contribution in [0.5, 0.6) is 0 Å². The zero-order chi connectivity index (χ0) is 14.0. The van der Waals surface area contributed by atoms with Crippen LogP contribution in [0, 0.1) is 6.92 Å². The van der Waals surface area contributed by atoms with Crippen molar-refractivity contribution in [3.05, 3.63) is 23.8 Å². The Morgan fingerprint density at radius 3 is 2.79 bits per heavy atom. The van der Waals surface area contributed by atoms with Gasteiger partial charge < -0.3 is 10.1 Å². The van der Waals surface area contributed by atoms with Crippen LogP contribution >= 0.6 is 0 Å². The summed E-state index contributed by atoms with van der Waals surface area (Å²) >= 11 is 0. The highest BCUT2D eigenvalue weighted by Crippen LogP contribution is 2.23. The minimum absolute atomic E-state index is 0.0117. The van der Waals surface area contributed by atoms with E-state index < -0.39 is 16.1 Å². The van der Waals surface area contributed by atoms with Crippen molar-refractivity contribution in [1.82, 2.24) is 0 Å². The Bertz CT molecular complexity index is 592. The summed E-state index contributed by atoms with van der Waals surface area (Å²) in [5, 5.41) is 7.79. The number of primary sulfonamides is 1. The number of hydrogen-bond acceptors (Lipinski definition) is 4. The Balaban J connectivity index is 2.24. The topological polar surface area (TPSA) is 98.5 Å². The molecule has 1 heterocycles. The van der Waals surface area contributed by atoms with Crippen LogP contribution in [0.25, 0.3) is 0 Å². The maximum atomic E-state index is 11.9. The van der Waals surface area contributed by atoms with E-state index in [0.29, 0.717) is 24.3 Å². The summed E-state index contributed by atoms with van der Waals surface area (Å²) in [6.45, 7) is 2.18. The number of ether oxygens (including phenoxy) is 1. The molecule has 1 atom stereocenters. The number of sulfonamides is 1. The van der Waals surface area contributed by atoms with Gasteiger partial charge in [0, 0.05) is 12.3 Å². The molecule has 19 heavy (non-hydrogen) atoms. The highest BCUT2D eigenvalue weighted by atomic mass is 32.2. The van der Waals surface area contributed by atoms with E-state index in [1.807, 2.05) is 0 Å². The zero-order valence-electron chi connectivity index (χ0n) is 10.5. The first kappa shape index (κ1) is 14.0. The molecular weight excluding hydrogens is 268 g/mol. The maximum Gasteiger partial charge on any atom is 0.253 e. The van der Waals surface area contributed by atoms with Crippen molar-refractivity contribution in [1.29, 1.82) is 0 Å². The third-order valence-corrected chi connectivity index (χ3v) is 4.13. The summed E-state index contributed by atoms with van der Waals surface area (Å²) in [4.78, 5) is 11.9.